The molecule has 11 heavy (non-hydrogen) atoms. The van der Waals surface area contributed by atoms with Crippen LogP contribution in [0.1, 0.15) is 18.6 Å². The third-order valence-corrected chi connectivity index (χ3v) is 2.16. The highest BCUT2D eigenvalue weighted by molar-refractivity contribution is 6.30. The number of ether oxygens (including phenoxy) is 1. The molecule has 1 aliphatic rings. The quantitative estimate of drug-likeness (QED) is 0.588. The Morgan fingerprint density at radius 1 is 1.27 bits per heavy atom. The van der Waals surface area contributed by atoms with Gasteiger partial charge in [0.15, 0.2) is 0 Å². The summed E-state index contributed by atoms with van der Waals surface area (Å²) in [5.74, 6) is 0. The molecule has 1 saturated heterocycles. The molecular weight excluding hydrogens is 160 g/mol. The maximum atomic E-state index is 5.73. The predicted molar refractivity (Wildman–Crippen MR) is 44.7 cm³/mol. The molecule has 1 nitrogen and oxygen atoms in total. The lowest BCUT2D eigenvalue weighted by Crippen LogP contribution is -1.81. The molecular formula is C9H9ClO. The summed E-state index contributed by atoms with van der Waals surface area (Å²) in [7, 11) is 0. The zero-order valence-corrected chi connectivity index (χ0v) is 7.01. The van der Waals surface area contributed by atoms with Crippen LogP contribution >= 0.6 is 11.6 Å². The molecule has 0 aromatic heterocycles. The summed E-state index contributed by atoms with van der Waals surface area (Å²) < 4.78 is 5.30. The number of halogens is 1. The van der Waals surface area contributed by atoms with Gasteiger partial charge in [0.25, 0.3) is 0 Å². The fourth-order valence-electron chi connectivity index (χ4n) is 1.19. The van der Waals surface area contributed by atoms with E-state index in [4.69, 9.17) is 16.3 Å². The van der Waals surface area contributed by atoms with Crippen LogP contribution in [-0.4, -0.2) is 6.10 Å². The molecule has 0 N–H and O–H groups in total. The highest BCUT2D eigenvalue weighted by atomic mass is 35.5. The predicted octanol–water partition coefficient (Wildman–Crippen LogP) is 2.80. The van der Waals surface area contributed by atoms with Crippen LogP contribution in [0.25, 0.3) is 0 Å². The first-order valence-corrected chi connectivity index (χ1v) is 4.06. The molecule has 2 rings (SSSR count). The monoisotopic (exact) mass is 168 g/mol. The molecule has 1 aliphatic heterocycles. The van der Waals surface area contributed by atoms with Crippen molar-refractivity contribution in [1.82, 2.24) is 0 Å². The fourth-order valence-corrected chi connectivity index (χ4v) is 1.31. The normalized spacial score (nSPS) is 28.5. The third-order valence-electron chi connectivity index (χ3n) is 1.91. The SMILES string of the molecule is C[C@H]1O[C@@H]1c1ccc(Cl)cc1. The van der Waals surface area contributed by atoms with Crippen LogP contribution in [0, 0.1) is 0 Å². The molecule has 1 aromatic rings. The molecule has 58 valence electrons. The van der Waals surface area contributed by atoms with Crippen LogP contribution in [0.15, 0.2) is 24.3 Å². The second-order valence-corrected chi connectivity index (χ2v) is 3.25. The molecule has 0 unspecified atom stereocenters. The molecule has 2 atom stereocenters. The van der Waals surface area contributed by atoms with Crippen molar-refractivity contribution in [2.24, 2.45) is 0 Å². The van der Waals surface area contributed by atoms with Gasteiger partial charge >= 0.3 is 0 Å². The van der Waals surface area contributed by atoms with Crippen molar-refractivity contribution in [3.63, 3.8) is 0 Å². The minimum atomic E-state index is 0.312. The van der Waals surface area contributed by atoms with Gasteiger partial charge in [0.1, 0.15) is 6.10 Å². The Hall–Kier alpha value is -0.530. The van der Waals surface area contributed by atoms with E-state index >= 15 is 0 Å². The van der Waals surface area contributed by atoms with Gasteiger partial charge < -0.3 is 4.74 Å². The van der Waals surface area contributed by atoms with E-state index < -0.39 is 0 Å². The van der Waals surface area contributed by atoms with Gasteiger partial charge in [-0.1, -0.05) is 23.7 Å². The van der Waals surface area contributed by atoms with Gasteiger partial charge in [0.2, 0.25) is 0 Å². The maximum Gasteiger partial charge on any atom is 0.109 e. The minimum Gasteiger partial charge on any atom is -0.365 e. The smallest absolute Gasteiger partial charge is 0.109 e. The van der Waals surface area contributed by atoms with E-state index in [2.05, 4.69) is 6.92 Å². The van der Waals surface area contributed by atoms with Crippen molar-refractivity contribution in [2.45, 2.75) is 19.1 Å². The van der Waals surface area contributed by atoms with Crippen LogP contribution in [0.4, 0.5) is 0 Å². The molecule has 0 amide bonds. The van der Waals surface area contributed by atoms with Crippen LogP contribution < -0.4 is 0 Å². The summed E-state index contributed by atoms with van der Waals surface area (Å²) in [6.45, 7) is 2.07. The molecule has 1 heterocycles. The van der Waals surface area contributed by atoms with Crippen LogP contribution in [0.3, 0.4) is 0 Å². The second-order valence-electron chi connectivity index (χ2n) is 2.81. The second kappa shape index (κ2) is 2.50. The number of epoxide rings is 1. The molecule has 0 aliphatic carbocycles. The number of hydrogen-bond donors (Lipinski definition) is 0. The Balaban J connectivity index is 2.21. The Kier molecular flexibility index (Phi) is 1.63. The standard InChI is InChI=1S/C9H9ClO/c1-6-9(11-6)7-2-4-8(10)5-3-7/h2-6,9H,1H3/t6-,9+/m1/s1. The fraction of sp³-hybridized carbons (Fsp3) is 0.333. The molecule has 0 radical (unpaired) electrons. The lowest BCUT2D eigenvalue weighted by atomic mass is 10.1. The molecule has 0 saturated carbocycles. The highest BCUT2D eigenvalue weighted by Gasteiger charge is 2.35. The van der Waals surface area contributed by atoms with Gasteiger partial charge in [-0.3, -0.25) is 0 Å². The van der Waals surface area contributed by atoms with Gasteiger partial charge in [0.05, 0.1) is 6.10 Å². The number of benzene rings is 1. The maximum absolute atomic E-state index is 5.73. The summed E-state index contributed by atoms with van der Waals surface area (Å²) in [6, 6.07) is 7.81. The van der Waals surface area contributed by atoms with Gasteiger partial charge in [-0.15, -0.1) is 0 Å². The summed E-state index contributed by atoms with van der Waals surface area (Å²) in [5, 5.41) is 0.780. The lowest BCUT2D eigenvalue weighted by molar-refractivity contribution is 0.383. The summed E-state index contributed by atoms with van der Waals surface area (Å²) in [4.78, 5) is 0. The van der Waals surface area contributed by atoms with Crippen molar-refractivity contribution in [1.29, 1.82) is 0 Å². The average Bonchev–Trinajstić information content (AvgIpc) is 2.69. The van der Waals surface area contributed by atoms with E-state index in [1.807, 2.05) is 24.3 Å². The largest absolute Gasteiger partial charge is 0.365 e. The molecule has 0 spiro atoms. The molecule has 2 heteroatoms. The van der Waals surface area contributed by atoms with E-state index in [0.29, 0.717) is 12.2 Å². The Labute approximate surface area is 70.9 Å². The zero-order valence-electron chi connectivity index (χ0n) is 6.25. The number of rotatable bonds is 1. The lowest BCUT2D eigenvalue weighted by Gasteiger charge is -1.93. The molecule has 1 fully saturated rings. The Bertz CT molecular complexity index is 255. The minimum absolute atomic E-state index is 0.312. The summed E-state index contributed by atoms with van der Waals surface area (Å²) in [6.07, 6.45) is 0.698. The van der Waals surface area contributed by atoms with E-state index in [1.54, 1.807) is 0 Å². The first-order chi connectivity index (χ1) is 5.27. The number of hydrogen-bond acceptors (Lipinski definition) is 1. The summed E-state index contributed by atoms with van der Waals surface area (Å²) in [5.41, 5.74) is 1.22. The van der Waals surface area contributed by atoms with E-state index in [-0.39, 0.29) is 0 Å². The topological polar surface area (TPSA) is 12.5 Å². The first kappa shape index (κ1) is 7.14. The van der Waals surface area contributed by atoms with Crippen LogP contribution in [0.5, 0.6) is 0 Å². The Morgan fingerprint density at radius 2 is 1.82 bits per heavy atom. The first-order valence-electron chi connectivity index (χ1n) is 3.68. The van der Waals surface area contributed by atoms with Crippen molar-refractivity contribution in [3.8, 4) is 0 Å². The van der Waals surface area contributed by atoms with Crippen LogP contribution in [-0.2, 0) is 4.74 Å². The van der Waals surface area contributed by atoms with Crippen molar-refractivity contribution < 1.29 is 4.74 Å². The van der Waals surface area contributed by atoms with Gasteiger partial charge in [0, 0.05) is 5.02 Å². The van der Waals surface area contributed by atoms with Crippen molar-refractivity contribution >= 4 is 11.6 Å². The van der Waals surface area contributed by atoms with E-state index in [1.165, 1.54) is 5.56 Å². The average molecular weight is 169 g/mol. The van der Waals surface area contributed by atoms with E-state index in [9.17, 15) is 0 Å². The Morgan fingerprint density at radius 3 is 2.27 bits per heavy atom. The van der Waals surface area contributed by atoms with Crippen molar-refractivity contribution in [2.75, 3.05) is 0 Å². The third kappa shape index (κ3) is 1.39. The van der Waals surface area contributed by atoms with Crippen LogP contribution in [0.2, 0.25) is 5.02 Å². The zero-order chi connectivity index (χ0) is 7.84. The molecule has 1 aromatic carbocycles. The van der Waals surface area contributed by atoms with Gasteiger partial charge in [-0.05, 0) is 24.6 Å². The highest BCUT2D eigenvalue weighted by Crippen LogP contribution is 2.38. The van der Waals surface area contributed by atoms with Crippen molar-refractivity contribution in [3.05, 3.63) is 34.9 Å². The molecule has 0 bridgehead atoms. The van der Waals surface area contributed by atoms with E-state index in [0.717, 1.165) is 5.02 Å². The van der Waals surface area contributed by atoms with Gasteiger partial charge in [-0.2, -0.15) is 0 Å². The van der Waals surface area contributed by atoms with Gasteiger partial charge in [-0.25, -0.2) is 0 Å². The summed E-state index contributed by atoms with van der Waals surface area (Å²) >= 11 is 5.73.